The van der Waals surface area contributed by atoms with Gasteiger partial charge in [0.25, 0.3) is 0 Å². The van der Waals surface area contributed by atoms with E-state index in [4.69, 9.17) is 11.6 Å². The smallest absolute Gasteiger partial charge is 0.0630 e. The second-order valence-corrected chi connectivity index (χ2v) is 5.72. The van der Waals surface area contributed by atoms with E-state index in [1.165, 1.54) is 10.6 Å². The van der Waals surface area contributed by atoms with Crippen molar-refractivity contribution in [2.45, 2.75) is 16.2 Å². The lowest BCUT2D eigenvalue weighted by molar-refractivity contribution is 0.746. The van der Waals surface area contributed by atoms with E-state index in [2.05, 4.69) is 42.3 Å². The number of likely N-dealkylation sites (N-methyl/N-ethyl adjacent to an activating group) is 1. The van der Waals surface area contributed by atoms with Gasteiger partial charge in [0, 0.05) is 17.0 Å². The lowest BCUT2D eigenvalue weighted by Crippen LogP contribution is -2.41. The van der Waals surface area contributed by atoms with Gasteiger partial charge < -0.3 is 4.90 Å². The number of fused-ring (bicyclic) bond motifs is 2. The first-order valence-electron chi connectivity index (χ1n) is 5.30. The number of hydrogen-bond donors (Lipinski definition) is 0. The van der Waals surface area contributed by atoms with Crippen LogP contribution in [0.1, 0.15) is 0 Å². The minimum absolute atomic E-state index is 0.445. The highest BCUT2D eigenvalue weighted by molar-refractivity contribution is 8.00. The highest BCUT2D eigenvalue weighted by Crippen LogP contribution is 2.43. The quantitative estimate of drug-likeness (QED) is 0.689. The molecule has 0 radical (unpaired) electrons. The Morgan fingerprint density at radius 2 is 2.06 bits per heavy atom. The molecule has 16 heavy (non-hydrogen) atoms. The molecule has 0 bridgehead atoms. The summed E-state index contributed by atoms with van der Waals surface area (Å²) < 4.78 is 0. The third-order valence-corrected chi connectivity index (χ3v) is 4.61. The van der Waals surface area contributed by atoms with Gasteiger partial charge in [-0.3, -0.25) is 0 Å². The maximum atomic E-state index is 6.05. The molecule has 2 atom stereocenters. The van der Waals surface area contributed by atoms with Crippen LogP contribution >= 0.6 is 23.4 Å². The molecule has 1 heterocycles. The molecule has 1 aliphatic carbocycles. The molecule has 0 saturated carbocycles. The van der Waals surface area contributed by atoms with E-state index >= 15 is 0 Å². The van der Waals surface area contributed by atoms with Crippen LogP contribution < -0.4 is 4.90 Å². The molecule has 0 saturated heterocycles. The zero-order valence-electron chi connectivity index (χ0n) is 8.93. The standard InChI is InChI=1S/C13H12ClNS/c1-15-10-4-2-3-5-12(10)16-13-7-6-9(14)8-11(13)15/h2-8,10,12H,1H3. The maximum Gasteiger partial charge on any atom is 0.0630 e. The number of nitrogens with zero attached hydrogens (tertiary/aromatic N) is 1. The van der Waals surface area contributed by atoms with Crippen molar-refractivity contribution >= 4 is 29.1 Å². The lowest BCUT2D eigenvalue weighted by atomic mass is 10.1. The Balaban J connectivity index is 2.07. The van der Waals surface area contributed by atoms with Gasteiger partial charge in [-0.25, -0.2) is 0 Å². The minimum atomic E-state index is 0.445. The van der Waals surface area contributed by atoms with E-state index in [9.17, 15) is 0 Å². The van der Waals surface area contributed by atoms with Gasteiger partial charge in [0.2, 0.25) is 0 Å². The minimum Gasteiger partial charge on any atom is -0.366 e. The van der Waals surface area contributed by atoms with Gasteiger partial charge >= 0.3 is 0 Å². The van der Waals surface area contributed by atoms with Crippen LogP contribution in [0.5, 0.6) is 0 Å². The SMILES string of the molecule is CN1c2cc(Cl)ccc2SC2C=CC=CC21. The zero-order valence-corrected chi connectivity index (χ0v) is 10.5. The molecule has 1 aliphatic heterocycles. The van der Waals surface area contributed by atoms with Crippen molar-refractivity contribution in [3.63, 3.8) is 0 Å². The van der Waals surface area contributed by atoms with Crippen molar-refractivity contribution in [2.24, 2.45) is 0 Å². The summed E-state index contributed by atoms with van der Waals surface area (Å²) >= 11 is 7.96. The Morgan fingerprint density at radius 3 is 2.94 bits per heavy atom. The summed E-state index contributed by atoms with van der Waals surface area (Å²) in [6.45, 7) is 0. The second-order valence-electron chi connectivity index (χ2n) is 4.07. The van der Waals surface area contributed by atoms with Gasteiger partial charge in [0.05, 0.1) is 17.0 Å². The van der Waals surface area contributed by atoms with E-state index in [1.807, 2.05) is 23.9 Å². The zero-order chi connectivity index (χ0) is 11.1. The van der Waals surface area contributed by atoms with Crippen molar-refractivity contribution < 1.29 is 0 Å². The Bertz CT molecular complexity index is 481. The molecule has 0 amide bonds. The molecule has 2 unspecified atom stereocenters. The number of rotatable bonds is 0. The van der Waals surface area contributed by atoms with Crippen LogP contribution in [0.3, 0.4) is 0 Å². The summed E-state index contributed by atoms with van der Waals surface area (Å²) in [5, 5.41) is 1.32. The van der Waals surface area contributed by atoms with E-state index in [0.29, 0.717) is 11.3 Å². The van der Waals surface area contributed by atoms with Gasteiger partial charge in [0.15, 0.2) is 0 Å². The number of anilines is 1. The van der Waals surface area contributed by atoms with Crippen LogP contribution in [-0.4, -0.2) is 18.3 Å². The summed E-state index contributed by atoms with van der Waals surface area (Å²) in [5.74, 6) is 0. The average molecular weight is 250 g/mol. The van der Waals surface area contributed by atoms with Gasteiger partial charge in [-0.2, -0.15) is 0 Å². The Hall–Kier alpha value is -0.860. The molecule has 0 spiro atoms. The second kappa shape index (κ2) is 3.86. The first-order valence-corrected chi connectivity index (χ1v) is 6.55. The number of thioether (sulfide) groups is 1. The maximum absolute atomic E-state index is 6.05. The largest absolute Gasteiger partial charge is 0.366 e. The summed E-state index contributed by atoms with van der Waals surface area (Å²) in [4.78, 5) is 3.62. The van der Waals surface area contributed by atoms with Crippen LogP contribution in [0.2, 0.25) is 5.02 Å². The Labute approximate surface area is 105 Å². The number of allylic oxidation sites excluding steroid dienone is 2. The topological polar surface area (TPSA) is 3.24 Å². The van der Waals surface area contributed by atoms with Crippen LogP contribution in [0, 0.1) is 0 Å². The van der Waals surface area contributed by atoms with Crippen molar-refractivity contribution in [3.05, 3.63) is 47.5 Å². The molecule has 1 nitrogen and oxygen atoms in total. The van der Waals surface area contributed by atoms with E-state index in [1.54, 1.807) is 0 Å². The van der Waals surface area contributed by atoms with Gasteiger partial charge in [-0.15, -0.1) is 11.8 Å². The molecule has 82 valence electrons. The fourth-order valence-electron chi connectivity index (χ4n) is 2.21. The van der Waals surface area contributed by atoms with Crippen LogP contribution in [0.4, 0.5) is 5.69 Å². The van der Waals surface area contributed by atoms with E-state index in [0.717, 1.165) is 5.02 Å². The molecule has 3 rings (SSSR count). The molecule has 0 N–H and O–H groups in total. The van der Waals surface area contributed by atoms with Gasteiger partial charge in [-0.05, 0) is 18.2 Å². The van der Waals surface area contributed by atoms with Crippen LogP contribution in [0.25, 0.3) is 0 Å². The predicted molar refractivity (Wildman–Crippen MR) is 71.6 cm³/mol. The summed E-state index contributed by atoms with van der Waals surface area (Å²) in [5.41, 5.74) is 1.23. The van der Waals surface area contributed by atoms with E-state index < -0.39 is 0 Å². The average Bonchev–Trinajstić information content (AvgIpc) is 2.31. The van der Waals surface area contributed by atoms with Crippen molar-refractivity contribution in [1.29, 1.82) is 0 Å². The fourth-order valence-corrected chi connectivity index (χ4v) is 3.72. The monoisotopic (exact) mass is 249 g/mol. The third kappa shape index (κ3) is 1.57. The fraction of sp³-hybridized carbons (Fsp3) is 0.231. The van der Waals surface area contributed by atoms with E-state index in [-0.39, 0.29) is 0 Å². The van der Waals surface area contributed by atoms with Crippen molar-refractivity contribution in [3.8, 4) is 0 Å². The van der Waals surface area contributed by atoms with Crippen molar-refractivity contribution in [1.82, 2.24) is 0 Å². The number of hydrogen-bond acceptors (Lipinski definition) is 2. The first-order chi connectivity index (χ1) is 7.75. The highest BCUT2D eigenvalue weighted by Gasteiger charge is 2.30. The van der Waals surface area contributed by atoms with Gasteiger partial charge in [0.1, 0.15) is 0 Å². The van der Waals surface area contributed by atoms with Crippen LogP contribution in [0.15, 0.2) is 47.4 Å². The molecular formula is C13H12ClNS. The molecule has 1 aromatic rings. The molecule has 3 heteroatoms. The molecule has 0 aromatic heterocycles. The summed E-state index contributed by atoms with van der Waals surface area (Å²) in [7, 11) is 2.13. The van der Waals surface area contributed by atoms with Crippen LogP contribution in [-0.2, 0) is 0 Å². The van der Waals surface area contributed by atoms with Gasteiger partial charge in [-0.1, -0.05) is 35.9 Å². The normalized spacial score (nSPS) is 26.5. The molecule has 2 aliphatic rings. The summed E-state index contributed by atoms with van der Waals surface area (Å²) in [6.07, 6.45) is 8.77. The number of benzene rings is 1. The summed E-state index contributed by atoms with van der Waals surface area (Å²) in [6, 6.07) is 6.57. The number of halogens is 1. The molecular weight excluding hydrogens is 238 g/mol. The Morgan fingerprint density at radius 1 is 1.25 bits per heavy atom. The predicted octanol–water partition coefficient (Wildman–Crippen LogP) is 3.75. The molecule has 0 fully saturated rings. The highest BCUT2D eigenvalue weighted by atomic mass is 35.5. The lowest BCUT2D eigenvalue weighted by Gasteiger charge is -2.39. The third-order valence-electron chi connectivity index (χ3n) is 3.07. The molecule has 1 aromatic carbocycles. The van der Waals surface area contributed by atoms with Crippen molar-refractivity contribution in [2.75, 3.05) is 11.9 Å². The Kier molecular flexibility index (Phi) is 2.49. The first kappa shape index (κ1) is 10.3.